The molecule has 0 bridgehead atoms. The van der Waals surface area contributed by atoms with Gasteiger partial charge >= 0.3 is 29.6 Å². The average molecular weight is 318 g/mol. The number of allylic oxidation sites excluding steroid dienone is 3. The standard InChI is InChI=1S/C12H12N2O3S2.Na/c1-2-13-5-3-8(4-6-13)10-11(17)14(7-9(15)16)12(18)19-10;/h3-6H,2,7H2,1H3,(H,15,16);/q;+1/p-1. The van der Waals surface area contributed by atoms with E-state index >= 15 is 0 Å². The number of carboxylic acid groups (broad SMARTS) is 1. The summed E-state index contributed by atoms with van der Waals surface area (Å²) >= 11 is 6.13. The van der Waals surface area contributed by atoms with E-state index in [1.165, 1.54) is 0 Å². The van der Waals surface area contributed by atoms with E-state index in [-0.39, 0.29) is 39.8 Å². The Bertz CT molecular complexity index is 527. The largest absolute Gasteiger partial charge is 1.00 e. The molecule has 0 unspecified atom stereocenters. The Kier molecular flexibility index (Phi) is 6.47. The summed E-state index contributed by atoms with van der Waals surface area (Å²) in [5.74, 6) is -1.71. The van der Waals surface area contributed by atoms with Crippen LogP contribution in [0.3, 0.4) is 0 Å². The van der Waals surface area contributed by atoms with E-state index in [1.54, 1.807) is 0 Å². The van der Waals surface area contributed by atoms with Crippen molar-refractivity contribution in [3.05, 3.63) is 35.0 Å². The molecule has 0 radical (unpaired) electrons. The fourth-order valence-corrected chi connectivity index (χ4v) is 2.94. The molecule has 20 heavy (non-hydrogen) atoms. The van der Waals surface area contributed by atoms with Gasteiger partial charge in [-0.2, -0.15) is 0 Å². The van der Waals surface area contributed by atoms with Crippen molar-refractivity contribution in [3.8, 4) is 0 Å². The summed E-state index contributed by atoms with van der Waals surface area (Å²) in [5.41, 5.74) is 0.739. The maximum Gasteiger partial charge on any atom is 1.00 e. The van der Waals surface area contributed by atoms with Crippen LogP contribution >= 0.6 is 24.0 Å². The zero-order chi connectivity index (χ0) is 14.0. The van der Waals surface area contributed by atoms with Crippen molar-refractivity contribution in [2.45, 2.75) is 6.92 Å². The van der Waals surface area contributed by atoms with Crippen LogP contribution in [-0.2, 0) is 9.59 Å². The second kappa shape index (κ2) is 7.42. The average Bonchev–Trinajstić information content (AvgIpc) is 2.66. The zero-order valence-corrected chi connectivity index (χ0v) is 14.8. The summed E-state index contributed by atoms with van der Waals surface area (Å²) in [6.07, 6.45) is 7.35. The molecule has 5 nitrogen and oxygen atoms in total. The second-order valence-corrected chi connectivity index (χ2v) is 5.52. The number of aliphatic carboxylic acids is 1. The SMILES string of the molecule is CCN1C=CC(=C2SC(=S)N(CC(=O)[O-])C2=O)C=C1.[Na+]. The zero-order valence-electron chi connectivity index (χ0n) is 11.2. The summed E-state index contributed by atoms with van der Waals surface area (Å²) < 4.78 is 0.247. The number of thioether (sulfide) groups is 1. The molecule has 2 aliphatic heterocycles. The van der Waals surface area contributed by atoms with Gasteiger partial charge in [-0.1, -0.05) is 24.0 Å². The molecule has 2 heterocycles. The van der Waals surface area contributed by atoms with Crippen LogP contribution in [0.5, 0.6) is 0 Å². The third-order valence-electron chi connectivity index (χ3n) is 2.65. The van der Waals surface area contributed by atoms with E-state index in [0.29, 0.717) is 4.91 Å². The number of carboxylic acids is 1. The second-order valence-electron chi connectivity index (χ2n) is 3.88. The summed E-state index contributed by atoms with van der Waals surface area (Å²) in [6, 6.07) is 0. The molecule has 0 spiro atoms. The quantitative estimate of drug-likeness (QED) is 0.319. The van der Waals surface area contributed by atoms with Crippen molar-refractivity contribution >= 4 is 40.2 Å². The first-order valence-corrected chi connectivity index (χ1v) is 6.85. The molecule has 8 heteroatoms. The van der Waals surface area contributed by atoms with Gasteiger partial charge in [-0.25, -0.2) is 0 Å². The van der Waals surface area contributed by atoms with Crippen LogP contribution in [0.15, 0.2) is 35.0 Å². The number of hydrogen-bond donors (Lipinski definition) is 0. The van der Waals surface area contributed by atoms with Gasteiger partial charge in [0, 0.05) is 18.9 Å². The van der Waals surface area contributed by atoms with E-state index in [9.17, 15) is 14.7 Å². The van der Waals surface area contributed by atoms with Crippen LogP contribution in [0.4, 0.5) is 0 Å². The minimum absolute atomic E-state index is 0. The van der Waals surface area contributed by atoms with Gasteiger partial charge in [-0.3, -0.25) is 9.69 Å². The Hall–Kier alpha value is -0.600. The molecular formula is C12H11N2NaO3S2. The number of carbonyl (C=O) groups is 2. The van der Waals surface area contributed by atoms with Gasteiger partial charge in [0.15, 0.2) is 0 Å². The minimum atomic E-state index is -1.32. The van der Waals surface area contributed by atoms with Gasteiger partial charge in [-0.05, 0) is 24.6 Å². The smallest absolute Gasteiger partial charge is 0.548 e. The number of thiocarbonyl (C=S) groups is 1. The first-order valence-electron chi connectivity index (χ1n) is 5.63. The Morgan fingerprint density at radius 2 is 2.00 bits per heavy atom. The van der Waals surface area contributed by atoms with Crippen LogP contribution in [0.2, 0.25) is 0 Å². The van der Waals surface area contributed by atoms with Gasteiger partial charge in [0.25, 0.3) is 5.91 Å². The number of nitrogens with zero attached hydrogens (tertiary/aromatic N) is 2. The van der Waals surface area contributed by atoms with Crippen molar-refractivity contribution in [1.82, 2.24) is 9.80 Å². The Morgan fingerprint density at radius 1 is 1.40 bits per heavy atom. The summed E-state index contributed by atoms with van der Waals surface area (Å²) in [4.78, 5) is 26.1. The van der Waals surface area contributed by atoms with E-state index < -0.39 is 12.5 Å². The molecule has 2 aliphatic rings. The molecule has 1 amide bonds. The maximum absolute atomic E-state index is 12.1. The molecule has 0 aliphatic carbocycles. The predicted molar refractivity (Wildman–Crippen MR) is 74.6 cm³/mol. The topological polar surface area (TPSA) is 63.7 Å². The van der Waals surface area contributed by atoms with Gasteiger partial charge in [-0.15, -0.1) is 0 Å². The number of amides is 1. The molecule has 0 N–H and O–H groups in total. The molecule has 1 fully saturated rings. The summed E-state index contributed by atoms with van der Waals surface area (Å²) in [6.45, 7) is 2.35. The number of carbonyl (C=O) groups excluding carboxylic acids is 2. The predicted octanol–water partition coefficient (Wildman–Crippen LogP) is -2.78. The van der Waals surface area contributed by atoms with Crippen LogP contribution < -0.4 is 34.7 Å². The first-order chi connectivity index (χ1) is 9.02. The number of hydrogen-bond acceptors (Lipinski definition) is 6. The molecule has 0 aromatic heterocycles. The molecule has 100 valence electrons. The number of rotatable bonds is 3. The Balaban J connectivity index is 0.00000200. The van der Waals surface area contributed by atoms with Gasteiger partial charge in [0.05, 0.1) is 17.4 Å². The Labute approximate surface area is 148 Å². The van der Waals surface area contributed by atoms with Crippen LogP contribution in [-0.4, -0.2) is 39.1 Å². The van der Waals surface area contributed by atoms with E-state index in [4.69, 9.17) is 12.2 Å². The molecule has 0 aromatic rings. The minimum Gasteiger partial charge on any atom is -0.548 e. The van der Waals surface area contributed by atoms with Gasteiger partial charge in [0.1, 0.15) is 4.32 Å². The maximum atomic E-state index is 12.1. The van der Waals surface area contributed by atoms with Crippen molar-refractivity contribution in [2.75, 3.05) is 13.1 Å². The van der Waals surface area contributed by atoms with E-state index in [1.807, 2.05) is 36.4 Å². The monoisotopic (exact) mass is 318 g/mol. The fraction of sp³-hybridized carbons (Fsp3) is 0.250. The van der Waals surface area contributed by atoms with E-state index in [2.05, 4.69) is 0 Å². The molecule has 0 atom stereocenters. The molecule has 1 saturated heterocycles. The molecular weight excluding hydrogens is 307 g/mol. The third kappa shape index (κ3) is 3.73. The summed E-state index contributed by atoms with van der Waals surface area (Å²) in [5, 5.41) is 10.6. The molecule has 0 aromatic carbocycles. The molecule has 2 rings (SSSR count). The normalized spacial score (nSPS) is 17.9. The van der Waals surface area contributed by atoms with Crippen molar-refractivity contribution < 1.29 is 44.3 Å². The first kappa shape index (κ1) is 17.5. The van der Waals surface area contributed by atoms with E-state index in [0.717, 1.165) is 28.8 Å². The summed E-state index contributed by atoms with van der Waals surface area (Å²) in [7, 11) is 0. The van der Waals surface area contributed by atoms with Crippen molar-refractivity contribution in [1.29, 1.82) is 0 Å². The van der Waals surface area contributed by atoms with Crippen LogP contribution in [0, 0.1) is 0 Å². The fourth-order valence-electron chi connectivity index (χ4n) is 1.66. The van der Waals surface area contributed by atoms with Gasteiger partial charge in [0.2, 0.25) is 0 Å². The van der Waals surface area contributed by atoms with Crippen molar-refractivity contribution in [2.24, 2.45) is 0 Å². The third-order valence-corrected chi connectivity index (χ3v) is 4.13. The Morgan fingerprint density at radius 3 is 2.50 bits per heavy atom. The van der Waals surface area contributed by atoms with Crippen LogP contribution in [0.1, 0.15) is 6.92 Å². The van der Waals surface area contributed by atoms with Crippen LogP contribution in [0.25, 0.3) is 0 Å². The van der Waals surface area contributed by atoms with Gasteiger partial charge < -0.3 is 14.8 Å². The molecule has 0 saturated carbocycles. The van der Waals surface area contributed by atoms with Crippen molar-refractivity contribution in [3.63, 3.8) is 0 Å².